The van der Waals surface area contributed by atoms with Crippen LogP contribution in [0.5, 0.6) is 0 Å². The molecule has 0 spiro atoms. The second kappa shape index (κ2) is 4.42. The van der Waals surface area contributed by atoms with Crippen LogP contribution in [-0.4, -0.2) is 48.2 Å². The molecule has 70 valence electrons. The van der Waals surface area contributed by atoms with Crippen molar-refractivity contribution in [3.8, 4) is 0 Å². The minimum Gasteiger partial charge on any atom is -0.396 e. The molecule has 1 amide bonds. The van der Waals surface area contributed by atoms with Gasteiger partial charge >= 0.3 is 0 Å². The van der Waals surface area contributed by atoms with Crippen molar-refractivity contribution in [2.45, 2.75) is 19.4 Å². The first-order chi connectivity index (χ1) is 5.75. The van der Waals surface area contributed by atoms with Gasteiger partial charge in [0.15, 0.2) is 0 Å². The molecule has 1 unspecified atom stereocenters. The zero-order valence-corrected chi connectivity index (χ0v) is 7.42. The van der Waals surface area contributed by atoms with Crippen molar-refractivity contribution >= 4 is 5.91 Å². The molecule has 1 saturated heterocycles. The third-order valence-corrected chi connectivity index (χ3v) is 2.13. The predicted molar refractivity (Wildman–Crippen MR) is 45.7 cm³/mol. The van der Waals surface area contributed by atoms with E-state index in [9.17, 15) is 4.79 Å². The molecule has 0 bridgehead atoms. The van der Waals surface area contributed by atoms with Gasteiger partial charge in [-0.25, -0.2) is 0 Å². The molecule has 4 nitrogen and oxygen atoms in total. The molecule has 1 aliphatic heterocycles. The maximum Gasteiger partial charge on any atom is 0.236 e. The molecule has 0 aromatic heterocycles. The summed E-state index contributed by atoms with van der Waals surface area (Å²) >= 11 is 0. The summed E-state index contributed by atoms with van der Waals surface area (Å²) in [6.07, 6.45) is 0.677. The van der Waals surface area contributed by atoms with Crippen molar-refractivity contribution in [1.29, 1.82) is 0 Å². The van der Waals surface area contributed by atoms with Crippen LogP contribution in [0, 0.1) is 0 Å². The van der Waals surface area contributed by atoms with Gasteiger partial charge in [-0.1, -0.05) is 0 Å². The van der Waals surface area contributed by atoms with E-state index in [-0.39, 0.29) is 18.6 Å². The SMILES string of the molecule is CC1CNCC(=O)N1CCCO. The zero-order valence-electron chi connectivity index (χ0n) is 7.42. The van der Waals surface area contributed by atoms with Crippen LogP contribution in [0.25, 0.3) is 0 Å². The molecule has 0 aliphatic carbocycles. The van der Waals surface area contributed by atoms with E-state index in [2.05, 4.69) is 5.32 Å². The second-order valence-electron chi connectivity index (χ2n) is 3.14. The Labute approximate surface area is 72.6 Å². The lowest BCUT2D eigenvalue weighted by atomic mass is 10.2. The van der Waals surface area contributed by atoms with Crippen molar-refractivity contribution in [1.82, 2.24) is 10.2 Å². The van der Waals surface area contributed by atoms with Crippen molar-refractivity contribution in [2.24, 2.45) is 0 Å². The summed E-state index contributed by atoms with van der Waals surface area (Å²) in [5, 5.41) is 11.7. The minimum atomic E-state index is 0.141. The molecule has 0 saturated carbocycles. The van der Waals surface area contributed by atoms with Gasteiger partial charge in [-0.2, -0.15) is 0 Å². The minimum absolute atomic E-state index is 0.141. The van der Waals surface area contributed by atoms with Crippen molar-refractivity contribution in [3.05, 3.63) is 0 Å². The highest BCUT2D eigenvalue weighted by atomic mass is 16.3. The van der Waals surface area contributed by atoms with E-state index in [1.807, 2.05) is 11.8 Å². The highest BCUT2D eigenvalue weighted by Crippen LogP contribution is 2.03. The van der Waals surface area contributed by atoms with E-state index in [1.54, 1.807) is 0 Å². The fraction of sp³-hybridized carbons (Fsp3) is 0.875. The van der Waals surface area contributed by atoms with Gasteiger partial charge in [0, 0.05) is 25.7 Å². The summed E-state index contributed by atoms with van der Waals surface area (Å²) in [5.74, 6) is 0.141. The van der Waals surface area contributed by atoms with Crippen LogP contribution in [0.3, 0.4) is 0 Å². The fourth-order valence-electron chi connectivity index (χ4n) is 1.43. The topological polar surface area (TPSA) is 52.6 Å². The Morgan fingerprint density at radius 1 is 1.75 bits per heavy atom. The Morgan fingerprint density at radius 3 is 3.08 bits per heavy atom. The number of aliphatic hydroxyl groups is 1. The summed E-state index contributed by atoms with van der Waals surface area (Å²) < 4.78 is 0. The molecule has 4 heteroatoms. The number of hydrogen-bond acceptors (Lipinski definition) is 3. The van der Waals surface area contributed by atoms with Crippen LogP contribution in [0.15, 0.2) is 0 Å². The lowest BCUT2D eigenvalue weighted by Gasteiger charge is -2.33. The van der Waals surface area contributed by atoms with Gasteiger partial charge in [0.2, 0.25) is 5.91 Å². The highest BCUT2D eigenvalue weighted by molar-refractivity contribution is 5.79. The maximum atomic E-state index is 11.3. The Morgan fingerprint density at radius 2 is 2.50 bits per heavy atom. The number of rotatable bonds is 3. The van der Waals surface area contributed by atoms with Gasteiger partial charge in [-0.3, -0.25) is 4.79 Å². The molecule has 0 radical (unpaired) electrons. The fourth-order valence-corrected chi connectivity index (χ4v) is 1.43. The van der Waals surface area contributed by atoms with Crippen LogP contribution < -0.4 is 5.32 Å². The zero-order chi connectivity index (χ0) is 8.97. The molecule has 1 heterocycles. The first kappa shape index (κ1) is 9.48. The Kier molecular flexibility index (Phi) is 3.49. The third kappa shape index (κ3) is 2.19. The lowest BCUT2D eigenvalue weighted by molar-refractivity contribution is -0.134. The molecular formula is C8H16N2O2. The first-order valence-corrected chi connectivity index (χ1v) is 4.36. The second-order valence-corrected chi connectivity index (χ2v) is 3.14. The molecule has 1 fully saturated rings. The van der Waals surface area contributed by atoms with Crippen LogP contribution in [0.1, 0.15) is 13.3 Å². The van der Waals surface area contributed by atoms with E-state index in [0.29, 0.717) is 19.5 Å². The normalized spacial score (nSPS) is 24.7. The Bertz CT molecular complexity index is 161. The van der Waals surface area contributed by atoms with Crippen molar-refractivity contribution < 1.29 is 9.90 Å². The van der Waals surface area contributed by atoms with Crippen LogP contribution in [0.4, 0.5) is 0 Å². The van der Waals surface area contributed by atoms with Crippen molar-refractivity contribution in [2.75, 3.05) is 26.2 Å². The molecule has 2 N–H and O–H groups in total. The van der Waals surface area contributed by atoms with Crippen LogP contribution >= 0.6 is 0 Å². The molecule has 12 heavy (non-hydrogen) atoms. The van der Waals surface area contributed by atoms with Gasteiger partial charge in [0.1, 0.15) is 0 Å². The van der Waals surface area contributed by atoms with Crippen LogP contribution in [0.2, 0.25) is 0 Å². The van der Waals surface area contributed by atoms with E-state index in [1.165, 1.54) is 0 Å². The first-order valence-electron chi connectivity index (χ1n) is 4.36. The maximum absolute atomic E-state index is 11.3. The molecule has 0 aromatic carbocycles. The monoisotopic (exact) mass is 172 g/mol. The number of nitrogens with one attached hydrogen (secondary N) is 1. The van der Waals surface area contributed by atoms with Gasteiger partial charge in [0.25, 0.3) is 0 Å². The van der Waals surface area contributed by atoms with E-state index >= 15 is 0 Å². The number of carbonyl (C=O) groups is 1. The molecule has 0 aromatic rings. The summed E-state index contributed by atoms with van der Waals surface area (Å²) in [6.45, 7) is 4.15. The Balaban J connectivity index is 2.40. The average molecular weight is 172 g/mol. The smallest absolute Gasteiger partial charge is 0.236 e. The molecule has 1 aliphatic rings. The number of piperazine rings is 1. The van der Waals surface area contributed by atoms with E-state index in [4.69, 9.17) is 5.11 Å². The average Bonchev–Trinajstić information content (AvgIpc) is 2.04. The number of aliphatic hydroxyl groups excluding tert-OH is 1. The standard InChI is InChI=1S/C8H16N2O2/c1-7-5-9-6-8(12)10(7)3-2-4-11/h7,9,11H,2-6H2,1H3. The van der Waals surface area contributed by atoms with E-state index in [0.717, 1.165) is 6.54 Å². The largest absolute Gasteiger partial charge is 0.396 e. The molecule has 1 atom stereocenters. The molecular weight excluding hydrogens is 156 g/mol. The summed E-state index contributed by atoms with van der Waals surface area (Å²) in [7, 11) is 0. The van der Waals surface area contributed by atoms with Crippen LogP contribution in [-0.2, 0) is 4.79 Å². The Hall–Kier alpha value is -0.610. The third-order valence-electron chi connectivity index (χ3n) is 2.13. The predicted octanol–water partition coefficient (Wildman–Crippen LogP) is -0.811. The van der Waals surface area contributed by atoms with Gasteiger partial charge < -0.3 is 15.3 Å². The summed E-state index contributed by atoms with van der Waals surface area (Å²) in [4.78, 5) is 13.1. The van der Waals surface area contributed by atoms with Crippen molar-refractivity contribution in [3.63, 3.8) is 0 Å². The highest BCUT2D eigenvalue weighted by Gasteiger charge is 2.23. The molecule has 1 rings (SSSR count). The number of amides is 1. The van der Waals surface area contributed by atoms with Gasteiger partial charge in [-0.05, 0) is 13.3 Å². The van der Waals surface area contributed by atoms with Gasteiger partial charge in [0.05, 0.1) is 6.54 Å². The van der Waals surface area contributed by atoms with E-state index < -0.39 is 0 Å². The number of hydrogen-bond donors (Lipinski definition) is 2. The summed E-state index contributed by atoms with van der Waals surface area (Å²) in [5.41, 5.74) is 0. The summed E-state index contributed by atoms with van der Waals surface area (Å²) in [6, 6.07) is 0.262. The lowest BCUT2D eigenvalue weighted by Crippen LogP contribution is -2.53. The van der Waals surface area contributed by atoms with Gasteiger partial charge in [-0.15, -0.1) is 0 Å². The quantitative estimate of drug-likeness (QED) is 0.585. The number of nitrogens with zero attached hydrogens (tertiary/aromatic N) is 1. The number of carbonyl (C=O) groups excluding carboxylic acids is 1.